The van der Waals surface area contributed by atoms with Crippen molar-refractivity contribution in [1.82, 2.24) is 0 Å². The first kappa shape index (κ1) is 25.9. The zero-order valence-corrected chi connectivity index (χ0v) is 21.9. The molecule has 8 heteroatoms. The average Bonchev–Trinajstić information content (AvgIpc) is 3.07. The largest absolute Gasteiger partial charge is 0.451 e. The molecule has 0 N–H and O–H groups in total. The molecule has 6 atom stereocenters. The monoisotopic (exact) mass is 520 g/mol. The number of Topliss-reactive ketones (excluding diaryl/α,β-unsaturated/α-hetero) is 1. The molecule has 0 aromatic rings. The quantitative estimate of drug-likeness (QED) is 0.288. The summed E-state index contributed by atoms with van der Waals surface area (Å²) in [6.07, 6.45) is 5.74. The van der Waals surface area contributed by atoms with E-state index in [-0.39, 0.29) is 35.1 Å². The zero-order valence-electron chi connectivity index (χ0n) is 20.4. The fraction of sp³-hybridized carbons (Fsp3) is 0.556. The van der Waals surface area contributed by atoms with Crippen molar-refractivity contribution in [3.05, 3.63) is 47.8 Å². The van der Waals surface area contributed by atoms with Crippen molar-refractivity contribution in [1.29, 1.82) is 0 Å². The summed E-state index contributed by atoms with van der Waals surface area (Å²) in [6, 6.07) is 0. The van der Waals surface area contributed by atoms with Gasteiger partial charge in [0, 0.05) is 28.9 Å². The van der Waals surface area contributed by atoms with Crippen LogP contribution in [0.2, 0.25) is 0 Å². The van der Waals surface area contributed by atoms with Gasteiger partial charge in [-0.2, -0.15) is 0 Å². The number of esters is 2. The third-order valence-corrected chi connectivity index (χ3v) is 9.56. The molecular formula is C27H30Cl2O6. The van der Waals surface area contributed by atoms with Crippen molar-refractivity contribution >= 4 is 46.7 Å². The van der Waals surface area contributed by atoms with E-state index in [1.165, 1.54) is 19.9 Å². The van der Waals surface area contributed by atoms with Crippen LogP contribution >= 0.6 is 23.2 Å². The highest BCUT2D eigenvalue weighted by atomic mass is 35.5. The third-order valence-electron chi connectivity index (χ3n) is 9.20. The predicted octanol–water partition coefficient (Wildman–Crippen LogP) is 5.19. The molecule has 0 spiro atoms. The van der Waals surface area contributed by atoms with E-state index in [9.17, 15) is 19.2 Å². The van der Waals surface area contributed by atoms with Crippen LogP contribution in [0, 0.1) is 28.6 Å². The Kier molecular flexibility index (Phi) is 6.25. The van der Waals surface area contributed by atoms with E-state index in [0.717, 1.165) is 0 Å². The van der Waals surface area contributed by atoms with Crippen molar-refractivity contribution in [2.75, 3.05) is 0 Å². The predicted molar refractivity (Wildman–Crippen MR) is 131 cm³/mol. The molecule has 4 aliphatic carbocycles. The van der Waals surface area contributed by atoms with E-state index >= 15 is 0 Å². The molecule has 2 fully saturated rings. The lowest BCUT2D eigenvalue weighted by atomic mass is 9.46. The molecule has 6 nitrogen and oxygen atoms in total. The number of carbonyl (C=O) groups excluding carboxylic acids is 4. The number of ether oxygens (including phenoxy) is 2. The highest BCUT2D eigenvalue weighted by molar-refractivity contribution is 6.53. The van der Waals surface area contributed by atoms with Gasteiger partial charge in [0.2, 0.25) is 4.84 Å². The fourth-order valence-corrected chi connectivity index (χ4v) is 7.50. The topological polar surface area (TPSA) is 86.7 Å². The van der Waals surface area contributed by atoms with Gasteiger partial charge in [-0.1, -0.05) is 50.2 Å². The van der Waals surface area contributed by atoms with Crippen molar-refractivity contribution in [3.63, 3.8) is 0 Å². The summed E-state index contributed by atoms with van der Waals surface area (Å²) >= 11 is 11.5. The summed E-state index contributed by atoms with van der Waals surface area (Å²) in [4.78, 5) is 48.7. The molecular weight excluding hydrogens is 491 g/mol. The number of halogens is 2. The number of alkyl halides is 2. The maximum atomic E-state index is 13.0. The Morgan fingerprint density at radius 1 is 1.09 bits per heavy atom. The lowest BCUT2D eigenvalue weighted by Gasteiger charge is -2.58. The normalized spacial score (nSPS) is 38.1. The molecule has 0 heterocycles. The van der Waals surface area contributed by atoms with Gasteiger partial charge in [-0.25, -0.2) is 4.79 Å². The summed E-state index contributed by atoms with van der Waals surface area (Å²) in [5, 5.41) is 0. The van der Waals surface area contributed by atoms with E-state index in [4.69, 9.17) is 32.7 Å². The second kappa shape index (κ2) is 8.45. The Balaban J connectivity index is 1.88. The molecule has 0 bridgehead atoms. The van der Waals surface area contributed by atoms with E-state index < -0.39 is 33.2 Å². The van der Waals surface area contributed by atoms with Crippen LogP contribution in [0.4, 0.5) is 0 Å². The van der Waals surface area contributed by atoms with Gasteiger partial charge in [-0.3, -0.25) is 14.4 Å². The molecule has 0 unspecified atom stereocenters. The van der Waals surface area contributed by atoms with Gasteiger partial charge in [0.1, 0.15) is 5.76 Å². The van der Waals surface area contributed by atoms with Gasteiger partial charge in [0.05, 0.1) is 0 Å². The smallest absolute Gasteiger partial charge is 0.344 e. The van der Waals surface area contributed by atoms with E-state index in [2.05, 4.69) is 13.2 Å². The lowest BCUT2D eigenvalue weighted by molar-refractivity contribution is -0.184. The summed E-state index contributed by atoms with van der Waals surface area (Å²) < 4.78 is 11.4. The maximum Gasteiger partial charge on any atom is 0.344 e. The second-order valence-corrected chi connectivity index (χ2v) is 11.7. The van der Waals surface area contributed by atoms with Crippen LogP contribution in [0.5, 0.6) is 0 Å². The minimum Gasteiger partial charge on any atom is -0.451 e. The number of allylic oxidation sites excluding steroid dienone is 5. The van der Waals surface area contributed by atoms with Gasteiger partial charge in [-0.15, -0.1) is 0 Å². The highest BCUT2D eigenvalue weighted by Gasteiger charge is 2.68. The van der Waals surface area contributed by atoms with Crippen molar-refractivity contribution in [2.24, 2.45) is 28.6 Å². The lowest BCUT2D eigenvalue weighted by Crippen LogP contribution is -2.58. The minimum atomic E-state index is -1.39. The molecule has 4 aliphatic rings. The summed E-state index contributed by atoms with van der Waals surface area (Å²) in [5.41, 5.74) is -1.07. The van der Waals surface area contributed by atoms with Crippen LogP contribution in [-0.4, -0.2) is 33.9 Å². The Bertz CT molecular complexity index is 1130. The SMILES string of the molecule is C=C1C(=C)[C@@]2(C)C(=CC1=O)C(OC(=O)C(Cl)Cl)=C[C@@H]1[C@@H]2CC[C@@]2(C)[C@H]1CC[C@]2(OC(C)=O)C(C)=O. The highest BCUT2D eigenvalue weighted by Crippen LogP contribution is 2.68. The molecule has 4 rings (SSSR count). The number of carbonyl (C=O) groups is 4. The van der Waals surface area contributed by atoms with Crippen LogP contribution in [-0.2, 0) is 28.7 Å². The van der Waals surface area contributed by atoms with Crippen LogP contribution < -0.4 is 0 Å². The van der Waals surface area contributed by atoms with Gasteiger partial charge in [0.25, 0.3) is 0 Å². The molecule has 0 radical (unpaired) electrons. The number of hydrogen-bond acceptors (Lipinski definition) is 6. The van der Waals surface area contributed by atoms with Crippen LogP contribution in [0.15, 0.2) is 47.8 Å². The molecule has 0 aromatic heterocycles. The van der Waals surface area contributed by atoms with Gasteiger partial charge in [-0.05, 0) is 68.1 Å². The van der Waals surface area contributed by atoms with Crippen LogP contribution in [0.25, 0.3) is 0 Å². The Morgan fingerprint density at radius 3 is 2.29 bits per heavy atom. The second-order valence-electron chi connectivity index (χ2n) is 10.6. The molecule has 0 amide bonds. The molecule has 0 saturated heterocycles. The van der Waals surface area contributed by atoms with E-state index in [1.807, 2.05) is 19.9 Å². The first-order chi connectivity index (χ1) is 16.2. The standard InChI is InChI=1S/C27H30Cl2O6/c1-13-14(2)26(6)19-7-9-25(5)18(8-10-27(25,15(3)30)35-16(4)31)17(19)11-22(20(26)12-21(13)32)34-24(33)23(28)29/h11-12,17-19,23H,1-2,7-10H2,3-6H3/t17-,18-,19-,25-,26+,27-/m0/s1. The van der Waals surface area contributed by atoms with Gasteiger partial charge < -0.3 is 9.47 Å². The van der Waals surface area contributed by atoms with E-state index in [0.29, 0.717) is 42.4 Å². The third kappa shape index (κ3) is 3.51. The van der Waals surface area contributed by atoms with Crippen LogP contribution in [0.1, 0.15) is 53.4 Å². The number of rotatable bonds is 4. The number of hydrogen-bond donors (Lipinski definition) is 0. The van der Waals surface area contributed by atoms with Gasteiger partial charge in [0.15, 0.2) is 17.2 Å². The first-order valence-electron chi connectivity index (χ1n) is 11.8. The molecule has 0 aromatic carbocycles. The maximum absolute atomic E-state index is 13.0. The van der Waals surface area contributed by atoms with E-state index in [1.54, 1.807) is 0 Å². The van der Waals surface area contributed by atoms with Crippen molar-refractivity contribution < 1.29 is 28.7 Å². The average molecular weight is 521 g/mol. The molecule has 2 saturated carbocycles. The Hall–Kier alpha value is -2.18. The van der Waals surface area contributed by atoms with Crippen LogP contribution in [0.3, 0.4) is 0 Å². The summed E-state index contributed by atoms with van der Waals surface area (Å²) in [6.45, 7) is 15.0. The Morgan fingerprint density at radius 2 is 1.71 bits per heavy atom. The first-order valence-corrected chi connectivity index (χ1v) is 12.7. The number of ketones is 2. The molecule has 0 aliphatic heterocycles. The summed E-state index contributed by atoms with van der Waals surface area (Å²) in [7, 11) is 0. The fourth-order valence-electron chi connectivity index (χ4n) is 7.41. The summed E-state index contributed by atoms with van der Waals surface area (Å²) in [5.74, 6) is -1.73. The number of fused-ring (bicyclic) bond motifs is 5. The zero-order chi connectivity index (χ0) is 26.1. The Labute approximate surface area is 215 Å². The molecule has 35 heavy (non-hydrogen) atoms. The minimum absolute atomic E-state index is 0.00881. The van der Waals surface area contributed by atoms with Gasteiger partial charge >= 0.3 is 11.9 Å². The molecule has 188 valence electrons. The van der Waals surface area contributed by atoms with Crippen molar-refractivity contribution in [3.8, 4) is 0 Å². The van der Waals surface area contributed by atoms with Crippen molar-refractivity contribution in [2.45, 2.75) is 63.8 Å².